The first kappa shape index (κ1) is 13.8. The third-order valence-corrected chi connectivity index (χ3v) is 4.07. The number of carboxylic acid groups (broad SMARTS) is 1. The molecule has 0 aliphatic carbocycles. The zero-order chi connectivity index (χ0) is 15.1. The maximum atomic E-state index is 11.4. The summed E-state index contributed by atoms with van der Waals surface area (Å²) in [6, 6.07) is 17.3. The maximum Gasteiger partial charge on any atom is 0.125 e. The van der Waals surface area contributed by atoms with E-state index in [-0.39, 0.29) is 6.42 Å². The van der Waals surface area contributed by atoms with E-state index in [0.717, 1.165) is 16.7 Å². The van der Waals surface area contributed by atoms with E-state index in [0.29, 0.717) is 0 Å². The number of hydrogen-bond donors (Lipinski definition) is 0. The van der Waals surface area contributed by atoms with Gasteiger partial charge in [-0.05, 0) is 30.5 Å². The molecule has 3 nitrogen and oxygen atoms in total. The summed E-state index contributed by atoms with van der Waals surface area (Å²) < 4.78 is 6.28. The summed E-state index contributed by atoms with van der Waals surface area (Å²) in [5.41, 5.74) is 1.25. The Morgan fingerprint density at radius 1 is 1.00 bits per heavy atom. The van der Waals surface area contributed by atoms with Gasteiger partial charge in [0.15, 0.2) is 0 Å². The van der Waals surface area contributed by atoms with Gasteiger partial charge in [0.25, 0.3) is 0 Å². The fourth-order valence-electron chi connectivity index (χ4n) is 3.26. The van der Waals surface area contributed by atoms with Crippen LogP contribution in [0.3, 0.4) is 0 Å². The average Bonchev–Trinajstić information content (AvgIpc) is 2.69. The number of carboxylic acids is 1. The van der Waals surface area contributed by atoms with Crippen LogP contribution in [0.5, 0.6) is 0 Å². The van der Waals surface area contributed by atoms with Crippen LogP contribution >= 0.6 is 0 Å². The lowest BCUT2D eigenvalue weighted by Gasteiger charge is -2.33. The number of fused-ring (bicyclic) bond motifs is 1. The minimum atomic E-state index is -1.12. The summed E-state index contributed by atoms with van der Waals surface area (Å²) >= 11 is 0. The van der Waals surface area contributed by atoms with Gasteiger partial charge in [-0.25, -0.2) is 0 Å². The molecule has 0 fully saturated rings. The Bertz CT molecular complexity index is 676. The summed E-state index contributed by atoms with van der Waals surface area (Å²) in [6.07, 6.45) is -0.197. The predicted molar refractivity (Wildman–Crippen MR) is 77.4 cm³/mol. The zero-order valence-electron chi connectivity index (χ0n) is 12.1. The molecular weight excluding hydrogens is 264 g/mol. The highest BCUT2D eigenvalue weighted by atomic mass is 16.5. The maximum absolute atomic E-state index is 11.4. The summed E-state index contributed by atoms with van der Waals surface area (Å²) in [5.74, 6) is -1.12. The number of carbonyl (C=O) groups is 1. The molecule has 0 amide bonds. The first-order chi connectivity index (χ1) is 9.96. The van der Waals surface area contributed by atoms with Crippen molar-refractivity contribution >= 4 is 5.97 Å². The summed E-state index contributed by atoms with van der Waals surface area (Å²) in [6.45, 7) is 3.93. The highest BCUT2D eigenvalue weighted by Crippen LogP contribution is 2.51. The molecule has 2 aromatic rings. The van der Waals surface area contributed by atoms with Crippen molar-refractivity contribution in [2.24, 2.45) is 0 Å². The van der Waals surface area contributed by atoms with Gasteiger partial charge >= 0.3 is 0 Å². The largest absolute Gasteiger partial charge is 0.550 e. The fourth-order valence-corrected chi connectivity index (χ4v) is 3.26. The molecule has 0 unspecified atom stereocenters. The molecular formula is C18H17O3-. The molecule has 2 aromatic carbocycles. The number of ether oxygens (including phenoxy) is 1. The van der Waals surface area contributed by atoms with Crippen LogP contribution in [0.4, 0.5) is 0 Å². The van der Waals surface area contributed by atoms with Crippen LogP contribution in [0.2, 0.25) is 0 Å². The zero-order valence-corrected chi connectivity index (χ0v) is 12.1. The third kappa shape index (κ3) is 2.14. The SMILES string of the molecule is CC1(C)O[C@](CC(=O)[O-])(c2ccccc2)c2ccccc21. The molecule has 108 valence electrons. The third-order valence-electron chi connectivity index (χ3n) is 4.07. The van der Waals surface area contributed by atoms with Crippen LogP contribution in [0, 0.1) is 0 Å². The van der Waals surface area contributed by atoms with E-state index in [1.54, 1.807) is 0 Å². The van der Waals surface area contributed by atoms with Crippen molar-refractivity contribution in [1.29, 1.82) is 0 Å². The molecule has 0 N–H and O–H groups in total. The second-order valence-electron chi connectivity index (χ2n) is 5.90. The van der Waals surface area contributed by atoms with Gasteiger partial charge in [0.2, 0.25) is 0 Å². The Labute approximate surface area is 124 Å². The van der Waals surface area contributed by atoms with Gasteiger partial charge in [0.1, 0.15) is 5.60 Å². The summed E-state index contributed by atoms with van der Waals surface area (Å²) in [7, 11) is 0. The molecule has 1 aliphatic rings. The van der Waals surface area contributed by atoms with Gasteiger partial charge in [-0.3, -0.25) is 0 Å². The Morgan fingerprint density at radius 3 is 2.19 bits per heavy atom. The molecule has 0 saturated heterocycles. The minimum Gasteiger partial charge on any atom is -0.550 e. The van der Waals surface area contributed by atoms with Crippen LogP contribution in [0.15, 0.2) is 54.6 Å². The molecule has 3 rings (SSSR count). The number of hydrogen-bond acceptors (Lipinski definition) is 3. The van der Waals surface area contributed by atoms with Crippen molar-refractivity contribution in [2.45, 2.75) is 31.5 Å². The Hall–Kier alpha value is -2.13. The molecule has 1 atom stereocenters. The molecule has 3 heteroatoms. The summed E-state index contributed by atoms with van der Waals surface area (Å²) in [4.78, 5) is 11.4. The second-order valence-corrected chi connectivity index (χ2v) is 5.90. The fraction of sp³-hybridized carbons (Fsp3) is 0.278. The number of benzene rings is 2. The van der Waals surface area contributed by atoms with Crippen molar-refractivity contribution in [2.75, 3.05) is 0 Å². The smallest absolute Gasteiger partial charge is 0.125 e. The van der Waals surface area contributed by atoms with Gasteiger partial charge in [0, 0.05) is 12.4 Å². The number of carbonyl (C=O) groups excluding carboxylic acids is 1. The molecule has 1 heterocycles. The molecule has 1 aliphatic heterocycles. The van der Waals surface area contributed by atoms with Gasteiger partial charge in [0.05, 0.1) is 5.60 Å². The van der Waals surface area contributed by atoms with Crippen molar-refractivity contribution in [3.8, 4) is 0 Å². The minimum absolute atomic E-state index is 0.197. The topological polar surface area (TPSA) is 49.4 Å². The van der Waals surface area contributed by atoms with Gasteiger partial charge in [-0.1, -0.05) is 54.6 Å². The molecule has 0 aromatic heterocycles. The number of rotatable bonds is 3. The van der Waals surface area contributed by atoms with Gasteiger partial charge in [-0.15, -0.1) is 0 Å². The van der Waals surface area contributed by atoms with E-state index in [1.165, 1.54) is 0 Å². The highest BCUT2D eigenvalue weighted by molar-refractivity contribution is 5.69. The average molecular weight is 281 g/mol. The quantitative estimate of drug-likeness (QED) is 0.867. The molecule has 0 bridgehead atoms. The van der Waals surface area contributed by atoms with Crippen LogP contribution in [-0.2, 0) is 20.7 Å². The van der Waals surface area contributed by atoms with E-state index in [4.69, 9.17) is 4.74 Å². The first-order valence-electron chi connectivity index (χ1n) is 7.01. The predicted octanol–water partition coefficient (Wildman–Crippen LogP) is 2.34. The lowest BCUT2D eigenvalue weighted by atomic mass is 9.82. The Morgan fingerprint density at radius 2 is 1.57 bits per heavy atom. The lowest BCUT2D eigenvalue weighted by Crippen LogP contribution is -2.38. The Kier molecular flexibility index (Phi) is 3.10. The van der Waals surface area contributed by atoms with E-state index < -0.39 is 17.2 Å². The van der Waals surface area contributed by atoms with Crippen molar-refractivity contribution < 1.29 is 14.6 Å². The molecule has 0 spiro atoms. The van der Waals surface area contributed by atoms with Crippen LogP contribution in [0.1, 0.15) is 37.0 Å². The van der Waals surface area contributed by atoms with Gasteiger partial charge in [-0.2, -0.15) is 0 Å². The number of aliphatic carboxylic acids is 1. The van der Waals surface area contributed by atoms with Crippen molar-refractivity contribution in [3.05, 3.63) is 71.3 Å². The van der Waals surface area contributed by atoms with Gasteiger partial charge < -0.3 is 14.6 Å². The monoisotopic (exact) mass is 281 g/mol. The second kappa shape index (κ2) is 4.71. The first-order valence-corrected chi connectivity index (χ1v) is 7.01. The Balaban J connectivity index is 2.26. The molecule has 0 radical (unpaired) electrons. The van der Waals surface area contributed by atoms with E-state index in [1.807, 2.05) is 68.4 Å². The van der Waals surface area contributed by atoms with Crippen LogP contribution < -0.4 is 5.11 Å². The van der Waals surface area contributed by atoms with Crippen molar-refractivity contribution in [1.82, 2.24) is 0 Å². The van der Waals surface area contributed by atoms with E-state index >= 15 is 0 Å². The molecule has 0 saturated carbocycles. The van der Waals surface area contributed by atoms with E-state index in [9.17, 15) is 9.90 Å². The van der Waals surface area contributed by atoms with Crippen molar-refractivity contribution in [3.63, 3.8) is 0 Å². The van der Waals surface area contributed by atoms with E-state index in [2.05, 4.69) is 0 Å². The lowest BCUT2D eigenvalue weighted by molar-refractivity contribution is -0.310. The van der Waals surface area contributed by atoms with Crippen LogP contribution in [0.25, 0.3) is 0 Å². The van der Waals surface area contributed by atoms with Crippen LogP contribution in [-0.4, -0.2) is 5.97 Å². The standard InChI is InChI=1S/C18H18O3/c1-17(2)14-10-6-7-11-15(14)18(21-17,12-16(19)20)13-8-4-3-5-9-13/h3-11H,12H2,1-2H3,(H,19,20)/p-1/t18-/m1/s1. The normalized spacial score (nSPS) is 22.8. The molecule has 21 heavy (non-hydrogen) atoms. The summed E-state index contributed by atoms with van der Waals surface area (Å²) in [5, 5.41) is 11.4. The highest BCUT2D eigenvalue weighted by Gasteiger charge is 2.49.